The zero-order valence-electron chi connectivity index (χ0n) is 25.1. The molecule has 0 aliphatic carbocycles. The van der Waals surface area contributed by atoms with Gasteiger partial charge in [0.1, 0.15) is 13.2 Å². The summed E-state index contributed by atoms with van der Waals surface area (Å²) < 4.78 is 13.6. The molecule has 0 saturated heterocycles. The van der Waals surface area contributed by atoms with Crippen LogP contribution in [-0.2, 0) is 4.79 Å². The van der Waals surface area contributed by atoms with Crippen LogP contribution >= 0.6 is 34.4 Å². The fourth-order valence-corrected chi connectivity index (χ4v) is 8.05. The Morgan fingerprint density at radius 3 is 2.47 bits per heavy atom. The molecule has 1 unspecified atom stereocenters. The first-order valence-corrected chi connectivity index (χ1v) is 17.2. The highest BCUT2D eigenvalue weighted by Gasteiger charge is 2.27. The smallest absolute Gasteiger partial charge is 0.335 e. The van der Waals surface area contributed by atoms with Crippen molar-refractivity contribution in [1.29, 1.82) is 0 Å². The molecule has 0 radical (unpaired) electrons. The van der Waals surface area contributed by atoms with Crippen molar-refractivity contribution in [3.63, 3.8) is 0 Å². The van der Waals surface area contributed by atoms with Crippen molar-refractivity contribution in [3.05, 3.63) is 71.8 Å². The van der Waals surface area contributed by atoms with E-state index in [4.69, 9.17) is 14.5 Å². The van der Waals surface area contributed by atoms with E-state index in [1.54, 1.807) is 42.7 Å². The minimum atomic E-state index is -1.08. The van der Waals surface area contributed by atoms with Crippen LogP contribution in [0.3, 0.4) is 0 Å². The summed E-state index contributed by atoms with van der Waals surface area (Å²) in [6.45, 7) is 6.37. The Balaban J connectivity index is 1.52. The first-order valence-electron chi connectivity index (χ1n) is 14.6. The number of rotatable bonds is 13. The number of fused-ring (bicyclic) bond motifs is 1. The minimum absolute atomic E-state index is 0.0764. The van der Waals surface area contributed by atoms with Gasteiger partial charge in [0.15, 0.2) is 11.5 Å². The highest BCUT2D eigenvalue weighted by Crippen LogP contribution is 2.55. The monoisotopic (exact) mass is 663 g/mol. The molecule has 1 atom stereocenters. The molecule has 45 heavy (non-hydrogen) atoms. The van der Waals surface area contributed by atoms with Gasteiger partial charge in [-0.2, -0.15) is 0 Å². The van der Waals surface area contributed by atoms with Crippen LogP contribution in [0.4, 0.5) is 0 Å². The van der Waals surface area contributed by atoms with Crippen LogP contribution in [0, 0.1) is 5.92 Å². The molecule has 0 spiro atoms. The summed E-state index contributed by atoms with van der Waals surface area (Å²) in [5, 5.41) is 19.1. The summed E-state index contributed by atoms with van der Waals surface area (Å²) in [6, 6.07) is 10.9. The predicted molar refractivity (Wildman–Crippen MR) is 180 cm³/mol. The van der Waals surface area contributed by atoms with Crippen LogP contribution in [-0.4, -0.2) is 56.8 Å². The lowest BCUT2D eigenvalue weighted by atomic mass is 10.1. The molecule has 0 saturated carbocycles. The quantitative estimate of drug-likeness (QED) is 0.0824. The number of aliphatic imine (C=N–C) groups is 1. The van der Waals surface area contributed by atoms with Crippen molar-refractivity contribution in [2.24, 2.45) is 10.9 Å². The van der Waals surface area contributed by atoms with E-state index in [0.29, 0.717) is 41.8 Å². The van der Waals surface area contributed by atoms with E-state index in [1.807, 2.05) is 23.9 Å². The Kier molecular flexibility index (Phi) is 10.7. The molecule has 5 heterocycles. The Morgan fingerprint density at radius 2 is 1.73 bits per heavy atom. The number of thiophene rings is 2. The molecule has 9 nitrogen and oxygen atoms in total. The fraction of sp³-hybridized carbons (Fsp3) is 0.303. The van der Waals surface area contributed by atoms with Gasteiger partial charge in [0.05, 0.1) is 48.2 Å². The van der Waals surface area contributed by atoms with E-state index in [2.05, 4.69) is 29.0 Å². The largest absolute Gasteiger partial charge is 0.485 e. The lowest BCUT2D eigenvalue weighted by Gasteiger charge is -2.17. The number of nitrogens with zero attached hydrogens (tertiary/aromatic N) is 3. The molecule has 234 valence electrons. The van der Waals surface area contributed by atoms with Crippen molar-refractivity contribution in [1.82, 2.24) is 9.97 Å². The molecule has 4 aromatic heterocycles. The fourth-order valence-electron chi connectivity index (χ4n) is 4.55. The Bertz CT molecular complexity index is 1760. The van der Waals surface area contributed by atoms with E-state index in [-0.39, 0.29) is 5.56 Å². The van der Waals surface area contributed by atoms with Crippen LogP contribution in [0.5, 0.6) is 11.5 Å². The number of carboxylic acids is 2. The summed E-state index contributed by atoms with van der Waals surface area (Å²) in [4.78, 5) is 39.8. The normalized spacial score (nSPS) is 13.9. The maximum atomic E-state index is 11.8. The van der Waals surface area contributed by atoms with E-state index in [0.717, 1.165) is 31.7 Å². The topological polar surface area (TPSA) is 131 Å². The highest BCUT2D eigenvalue weighted by atomic mass is 32.2. The van der Waals surface area contributed by atoms with E-state index >= 15 is 0 Å². The van der Waals surface area contributed by atoms with Gasteiger partial charge in [0.2, 0.25) is 0 Å². The molecule has 0 aromatic carbocycles. The number of aliphatic carboxylic acids is 1. The summed E-state index contributed by atoms with van der Waals surface area (Å²) in [7, 11) is 0. The van der Waals surface area contributed by atoms with Gasteiger partial charge >= 0.3 is 11.9 Å². The number of aromatic carboxylic acids is 1. The lowest BCUT2D eigenvalue weighted by molar-refractivity contribution is -0.139. The number of carboxylic acid groups (broad SMARTS) is 2. The van der Waals surface area contributed by atoms with Gasteiger partial charge < -0.3 is 19.7 Å². The van der Waals surface area contributed by atoms with Gasteiger partial charge in [-0.25, -0.2) is 9.79 Å². The third-order valence-electron chi connectivity index (χ3n) is 6.94. The lowest BCUT2D eigenvalue weighted by Crippen LogP contribution is -2.14. The second kappa shape index (κ2) is 14.9. The molecular weight excluding hydrogens is 631 g/mol. The number of unbranched alkanes of at least 4 members (excludes halogenated alkanes) is 2. The number of carbonyl (C=O) groups is 2. The molecule has 2 N–H and O–H groups in total. The maximum absolute atomic E-state index is 11.8. The number of ether oxygens (including phenoxy) is 2. The number of aromatic nitrogens is 2. The van der Waals surface area contributed by atoms with E-state index in [9.17, 15) is 19.8 Å². The Labute approximate surface area is 273 Å². The maximum Gasteiger partial charge on any atom is 0.335 e. The van der Waals surface area contributed by atoms with Crippen molar-refractivity contribution < 1.29 is 29.3 Å². The van der Waals surface area contributed by atoms with Gasteiger partial charge in [0.25, 0.3) is 0 Å². The first-order chi connectivity index (χ1) is 21.7. The van der Waals surface area contributed by atoms with Crippen molar-refractivity contribution >= 4 is 57.8 Å². The van der Waals surface area contributed by atoms with Crippen molar-refractivity contribution in [2.75, 3.05) is 19.0 Å². The second-order valence-corrected chi connectivity index (χ2v) is 13.8. The second-order valence-electron chi connectivity index (χ2n) is 10.3. The van der Waals surface area contributed by atoms with Gasteiger partial charge in [-0.05, 0) is 74.1 Å². The zero-order valence-corrected chi connectivity index (χ0v) is 27.6. The van der Waals surface area contributed by atoms with Gasteiger partial charge in [-0.1, -0.05) is 19.8 Å². The van der Waals surface area contributed by atoms with Gasteiger partial charge in [-0.15, -0.1) is 34.4 Å². The van der Waals surface area contributed by atoms with Gasteiger partial charge in [0, 0.05) is 17.3 Å². The molecule has 0 amide bonds. The van der Waals surface area contributed by atoms with Crippen LogP contribution in [0.2, 0.25) is 0 Å². The average Bonchev–Trinajstić information content (AvgIpc) is 3.68. The molecule has 1 aliphatic heterocycles. The molecule has 4 aromatic rings. The van der Waals surface area contributed by atoms with Crippen molar-refractivity contribution in [2.45, 2.75) is 44.2 Å². The van der Waals surface area contributed by atoms with E-state index in [1.165, 1.54) is 47.9 Å². The van der Waals surface area contributed by atoms with Crippen LogP contribution in [0.1, 0.15) is 61.8 Å². The third kappa shape index (κ3) is 7.81. The summed E-state index contributed by atoms with van der Waals surface area (Å²) in [5.41, 5.74) is 2.47. The molecule has 0 fully saturated rings. The summed E-state index contributed by atoms with van der Waals surface area (Å²) in [5.74, 6) is -0.430. The third-order valence-corrected chi connectivity index (χ3v) is 10.7. The van der Waals surface area contributed by atoms with Crippen LogP contribution in [0.15, 0.2) is 64.1 Å². The Morgan fingerprint density at radius 1 is 1.00 bits per heavy atom. The molecule has 1 aliphatic rings. The highest BCUT2D eigenvalue weighted by molar-refractivity contribution is 8.01. The molecule has 0 bridgehead atoms. The minimum Gasteiger partial charge on any atom is -0.485 e. The first kappa shape index (κ1) is 32.4. The molecule has 12 heteroatoms. The molecule has 5 rings (SSSR count). The number of hydrogen-bond acceptors (Lipinski definition) is 10. The van der Waals surface area contributed by atoms with E-state index < -0.39 is 17.9 Å². The predicted octanol–water partition coefficient (Wildman–Crippen LogP) is 8.26. The Hall–Kier alpha value is -4.00. The molecular formula is C33H33N3O6S3. The summed E-state index contributed by atoms with van der Waals surface area (Å²) in [6.07, 6.45) is 8.22. The average molecular weight is 664 g/mol. The number of thioether (sulfide) groups is 1. The standard InChI is InChI=1S/C33H33N3O6S3/c1-4-5-6-15-43-27-8-7-26(44-27)31-29-28(41-13-14-42-29)30(45-31)21-9-11-35-24(17-21)25(16-19(2)32(37)38)36-20(3)23-18-22(33(39)40)10-12-34-23/h7-12,16-19H,4-6,13-15H2,1-3H3,(H,37,38)(H,39,40)/b25-16-,36-20+. The SMILES string of the molecule is CCCCCSc1ccc(-c2sc(-c3ccnc(C(=C/C(C)C(=O)O)/N=C(\C)c4cc(C(=O)O)ccn4)c3)c3c2OCCO3)s1. The van der Waals surface area contributed by atoms with Crippen LogP contribution < -0.4 is 9.47 Å². The van der Waals surface area contributed by atoms with Gasteiger partial charge in [-0.3, -0.25) is 14.8 Å². The number of pyridine rings is 2. The van der Waals surface area contributed by atoms with Crippen molar-refractivity contribution in [3.8, 4) is 31.7 Å². The number of hydrogen-bond donors (Lipinski definition) is 2. The van der Waals surface area contributed by atoms with Crippen LogP contribution in [0.25, 0.3) is 25.9 Å². The zero-order chi connectivity index (χ0) is 31.9. The summed E-state index contributed by atoms with van der Waals surface area (Å²) >= 11 is 5.22.